The molecule has 2 aromatic carbocycles. The van der Waals surface area contributed by atoms with Gasteiger partial charge >= 0.3 is 0 Å². The van der Waals surface area contributed by atoms with Crippen molar-refractivity contribution in [2.24, 2.45) is 11.5 Å². The third-order valence-electron chi connectivity index (χ3n) is 5.49. The Balaban J connectivity index is 1.74. The van der Waals surface area contributed by atoms with Gasteiger partial charge < -0.3 is 32.5 Å². The molecular weight excluding hydrogens is 502 g/mol. The summed E-state index contributed by atoms with van der Waals surface area (Å²) < 4.78 is 0. The molecule has 0 aliphatic carbocycles. The van der Waals surface area contributed by atoms with Gasteiger partial charge in [0.15, 0.2) is 0 Å². The van der Waals surface area contributed by atoms with Crippen LogP contribution in [0.15, 0.2) is 54.6 Å². The summed E-state index contributed by atoms with van der Waals surface area (Å²) in [6.45, 7) is 0. The minimum Gasteiger partial charge on any atom is -0.508 e. The van der Waals surface area contributed by atoms with Crippen LogP contribution in [0, 0.1) is 0 Å². The number of carbonyl (C=O) groups excluding carboxylic acids is 4. The Kier molecular flexibility index (Phi) is 10.0. The Morgan fingerprint density at radius 3 is 2.31 bits per heavy atom. The van der Waals surface area contributed by atoms with E-state index in [4.69, 9.17) is 11.5 Å². The summed E-state index contributed by atoms with van der Waals surface area (Å²) >= 11 is 0. The largest absolute Gasteiger partial charge is 0.508 e. The van der Waals surface area contributed by atoms with Gasteiger partial charge in [0, 0.05) is 17.9 Å². The van der Waals surface area contributed by atoms with Crippen molar-refractivity contribution >= 4 is 45.2 Å². The van der Waals surface area contributed by atoms with Crippen molar-refractivity contribution in [1.29, 1.82) is 0 Å². The fourth-order valence-corrected chi connectivity index (χ4v) is 5.81. The molecule has 1 heterocycles. The van der Waals surface area contributed by atoms with Crippen LogP contribution in [-0.2, 0) is 32.0 Å². The van der Waals surface area contributed by atoms with E-state index < -0.39 is 47.8 Å². The number of nitrogens with two attached hydrogens (primary N) is 2. The molecule has 1 saturated heterocycles. The first-order valence-electron chi connectivity index (χ1n) is 11.2. The number of nitrogens with one attached hydrogen (secondary N) is 3. The van der Waals surface area contributed by atoms with Crippen LogP contribution in [0.3, 0.4) is 0 Å². The lowest BCUT2D eigenvalue weighted by Gasteiger charge is -2.24. The summed E-state index contributed by atoms with van der Waals surface area (Å²) in [5, 5.41) is 17.4. The Labute approximate surface area is 216 Å². The Morgan fingerprint density at radius 1 is 0.972 bits per heavy atom. The van der Waals surface area contributed by atoms with Gasteiger partial charge in [-0.1, -0.05) is 64.1 Å². The minimum absolute atomic E-state index is 0.105. The highest BCUT2D eigenvalue weighted by molar-refractivity contribution is 8.76. The lowest BCUT2D eigenvalue weighted by atomic mass is 10.0. The van der Waals surface area contributed by atoms with Crippen LogP contribution in [0.5, 0.6) is 5.75 Å². The predicted octanol–water partition coefficient (Wildman–Crippen LogP) is -0.161. The van der Waals surface area contributed by atoms with Gasteiger partial charge in [-0.05, 0) is 29.7 Å². The molecule has 36 heavy (non-hydrogen) atoms. The molecule has 1 aliphatic heterocycles. The molecule has 1 fully saturated rings. The maximum absolute atomic E-state index is 13.2. The lowest BCUT2D eigenvalue weighted by molar-refractivity contribution is -0.133. The van der Waals surface area contributed by atoms with E-state index in [0.717, 1.165) is 11.1 Å². The number of amides is 4. The first-order chi connectivity index (χ1) is 17.2. The van der Waals surface area contributed by atoms with Crippen molar-refractivity contribution in [2.75, 3.05) is 11.5 Å². The van der Waals surface area contributed by atoms with Crippen molar-refractivity contribution in [2.45, 2.75) is 37.0 Å². The zero-order valence-corrected chi connectivity index (χ0v) is 21.0. The number of hydrogen-bond donors (Lipinski definition) is 6. The molecule has 2 aromatic rings. The molecule has 0 aromatic heterocycles. The van der Waals surface area contributed by atoms with Crippen LogP contribution < -0.4 is 27.4 Å². The number of rotatable bonds is 7. The fraction of sp³-hybridized carbons (Fsp3) is 0.333. The third-order valence-corrected chi connectivity index (χ3v) is 7.91. The van der Waals surface area contributed by atoms with E-state index in [2.05, 4.69) is 16.0 Å². The third kappa shape index (κ3) is 8.18. The van der Waals surface area contributed by atoms with Gasteiger partial charge in [0.1, 0.15) is 23.9 Å². The van der Waals surface area contributed by atoms with Gasteiger partial charge in [0.05, 0.1) is 6.04 Å². The second-order valence-electron chi connectivity index (χ2n) is 8.32. The van der Waals surface area contributed by atoms with Crippen LogP contribution in [-0.4, -0.2) is 64.4 Å². The number of hydrogen-bond acceptors (Lipinski definition) is 8. The summed E-state index contributed by atoms with van der Waals surface area (Å²) in [6.07, 6.45) is 0.396. The summed E-state index contributed by atoms with van der Waals surface area (Å²) in [4.78, 5) is 50.8. The van der Waals surface area contributed by atoms with E-state index in [-0.39, 0.29) is 30.1 Å². The van der Waals surface area contributed by atoms with E-state index in [0.29, 0.717) is 0 Å². The molecule has 1 aliphatic rings. The normalized spacial score (nSPS) is 21.9. The van der Waals surface area contributed by atoms with Gasteiger partial charge in [-0.3, -0.25) is 19.2 Å². The number of benzene rings is 2. The average Bonchev–Trinajstić information content (AvgIpc) is 2.87. The van der Waals surface area contributed by atoms with Crippen molar-refractivity contribution < 1.29 is 24.3 Å². The molecule has 4 amide bonds. The number of carbonyl (C=O) groups is 4. The molecular formula is C24H29N5O5S2. The first kappa shape index (κ1) is 27.4. The van der Waals surface area contributed by atoms with Gasteiger partial charge in [-0.15, -0.1) is 0 Å². The Morgan fingerprint density at radius 2 is 1.64 bits per heavy atom. The van der Waals surface area contributed by atoms with E-state index in [1.54, 1.807) is 12.1 Å². The Hall–Kier alpha value is -3.22. The highest BCUT2D eigenvalue weighted by atomic mass is 33.1. The number of phenols is 1. The molecule has 12 heteroatoms. The van der Waals surface area contributed by atoms with Crippen LogP contribution in [0.2, 0.25) is 0 Å². The van der Waals surface area contributed by atoms with Crippen molar-refractivity contribution in [3.8, 4) is 5.75 Å². The maximum Gasteiger partial charge on any atom is 0.244 e. The molecule has 192 valence electrons. The molecule has 0 saturated carbocycles. The summed E-state index contributed by atoms with van der Waals surface area (Å²) in [6, 6.07) is 11.7. The standard InChI is InChI=1S/C24H29N5O5S2/c25-17(10-15-6-8-16(30)9-7-15)22(32)29-20-13-36-35-12-19(21(26)31)28-23(33)18(27-24(20)34)11-14-4-2-1-3-5-14/h1-9,17-20,30H,10-13,25H2,(H2,26,31)(H,27,34)(H,28,33)(H,29,32)/t17-,18-,19+,20?/m0/s1. The quantitative estimate of drug-likeness (QED) is 0.267. The molecule has 4 atom stereocenters. The smallest absolute Gasteiger partial charge is 0.244 e. The molecule has 3 rings (SSSR count). The monoisotopic (exact) mass is 531 g/mol. The predicted molar refractivity (Wildman–Crippen MR) is 140 cm³/mol. The number of aromatic hydroxyl groups is 1. The summed E-state index contributed by atoms with van der Waals surface area (Å²) in [7, 11) is 2.54. The van der Waals surface area contributed by atoms with Crippen LogP contribution in [0.1, 0.15) is 11.1 Å². The van der Waals surface area contributed by atoms with E-state index >= 15 is 0 Å². The first-order valence-corrected chi connectivity index (χ1v) is 13.7. The minimum atomic E-state index is -0.986. The van der Waals surface area contributed by atoms with E-state index in [1.165, 1.54) is 33.7 Å². The zero-order valence-electron chi connectivity index (χ0n) is 19.4. The average molecular weight is 532 g/mol. The van der Waals surface area contributed by atoms with Gasteiger partial charge in [0.2, 0.25) is 23.6 Å². The Bertz CT molecular complexity index is 1070. The van der Waals surface area contributed by atoms with Gasteiger partial charge in [-0.25, -0.2) is 0 Å². The second-order valence-corrected chi connectivity index (χ2v) is 10.9. The summed E-state index contributed by atoms with van der Waals surface area (Å²) in [5.74, 6) is -1.79. The van der Waals surface area contributed by atoms with Crippen molar-refractivity contribution in [3.05, 3.63) is 65.7 Å². The van der Waals surface area contributed by atoms with Crippen LogP contribution >= 0.6 is 21.6 Å². The summed E-state index contributed by atoms with van der Waals surface area (Å²) in [5.41, 5.74) is 13.1. The van der Waals surface area contributed by atoms with E-state index in [1.807, 2.05) is 30.3 Å². The van der Waals surface area contributed by atoms with E-state index in [9.17, 15) is 24.3 Å². The topological polar surface area (TPSA) is 177 Å². The number of phenolic OH excluding ortho intramolecular Hbond substituents is 1. The molecule has 0 spiro atoms. The zero-order chi connectivity index (χ0) is 26.1. The van der Waals surface area contributed by atoms with Crippen LogP contribution in [0.4, 0.5) is 0 Å². The molecule has 10 nitrogen and oxygen atoms in total. The SMILES string of the molecule is NC(=O)[C@H]1CSSCC(NC(=O)[C@@H](N)Cc2ccc(O)cc2)C(=O)N[C@@H](Cc2ccccc2)C(=O)N1. The van der Waals surface area contributed by atoms with Gasteiger partial charge in [0.25, 0.3) is 0 Å². The van der Waals surface area contributed by atoms with Crippen molar-refractivity contribution in [1.82, 2.24) is 16.0 Å². The van der Waals surface area contributed by atoms with Crippen molar-refractivity contribution in [3.63, 3.8) is 0 Å². The molecule has 8 N–H and O–H groups in total. The number of primary amides is 1. The molecule has 0 bridgehead atoms. The molecule has 1 unspecified atom stereocenters. The molecule has 0 radical (unpaired) electrons. The highest BCUT2D eigenvalue weighted by Gasteiger charge is 2.31. The second kappa shape index (κ2) is 13.2. The fourth-order valence-electron chi connectivity index (χ4n) is 3.47. The van der Waals surface area contributed by atoms with Crippen LogP contribution in [0.25, 0.3) is 0 Å². The highest BCUT2D eigenvalue weighted by Crippen LogP contribution is 2.24. The maximum atomic E-state index is 13.2. The van der Waals surface area contributed by atoms with Gasteiger partial charge in [-0.2, -0.15) is 0 Å². The lowest BCUT2D eigenvalue weighted by Crippen LogP contribution is -2.58.